The van der Waals surface area contributed by atoms with Crippen molar-refractivity contribution in [3.8, 4) is 0 Å². The number of aliphatic hydroxyl groups excluding tert-OH is 1. The lowest BCUT2D eigenvalue weighted by Gasteiger charge is -2.27. The molecule has 2 nitrogen and oxygen atoms in total. The van der Waals surface area contributed by atoms with Crippen LogP contribution in [0.5, 0.6) is 0 Å². The van der Waals surface area contributed by atoms with Crippen molar-refractivity contribution in [1.82, 2.24) is 0 Å². The van der Waals surface area contributed by atoms with Crippen LogP contribution >= 0.6 is 0 Å². The first-order chi connectivity index (χ1) is 7.36. The first kappa shape index (κ1) is 10.7. The summed E-state index contributed by atoms with van der Waals surface area (Å²) in [5.41, 5.74) is 1.18. The molecule has 0 bridgehead atoms. The number of benzene rings is 1. The lowest BCUT2D eigenvalue weighted by Crippen LogP contribution is -2.32. The van der Waals surface area contributed by atoms with Gasteiger partial charge in [-0.25, -0.2) is 0 Å². The third-order valence-electron chi connectivity index (χ3n) is 2.97. The van der Waals surface area contributed by atoms with Gasteiger partial charge in [-0.1, -0.05) is 43.2 Å². The summed E-state index contributed by atoms with van der Waals surface area (Å²) >= 11 is 0. The summed E-state index contributed by atoms with van der Waals surface area (Å²) in [6.45, 7) is 0.614. The molecule has 1 saturated carbocycles. The quantitative estimate of drug-likeness (QED) is 0.823. The van der Waals surface area contributed by atoms with Crippen molar-refractivity contribution >= 4 is 0 Å². The fourth-order valence-electron chi connectivity index (χ4n) is 2.05. The molecule has 0 saturated heterocycles. The molecule has 1 fully saturated rings. The minimum Gasteiger partial charge on any atom is -0.390 e. The molecular weight excluding hydrogens is 188 g/mol. The molecule has 1 aromatic carbocycles. The van der Waals surface area contributed by atoms with Crippen LogP contribution in [0.1, 0.15) is 31.2 Å². The van der Waals surface area contributed by atoms with Gasteiger partial charge in [-0.2, -0.15) is 0 Å². The van der Waals surface area contributed by atoms with Crippen molar-refractivity contribution in [2.24, 2.45) is 0 Å². The monoisotopic (exact) mass is 206 g/mol. The average Bonchev–Trinajstić information content (AvgIpc) is 2.29. The number of aliphatic hydroxyl groups is 1. The predicted molar refractivity (Wildman–Crippen MR) is 59.5 cm³/mol. The van der Waals surface area contributed by atoms with E-state index in [9.17, 15) is 5.11 Å². The number of rotatable bonds is 3. The number of hydrogen-bond donors (Lipinski definition) is 1. The second kappa shape index (κ2) is 5.29. The molecule has 0 aliphatic heterocycles. The normalized spacial score (nSPS) is 26.5. The molecule has 1 aromatic rings. The molecule has 2 atom stereocenters. The van der Waals surface area contributed by atoms with Gasteiger partial charge in [-0.05, 0) is 18.4 Å². The molecule has 0 unspecified atom stereocenters. The Bertz CT molecular complexity index is 284. The summed E-state index contributed by atoms with van der Waals surface area (Å²) in [7, 11) is 0. The van der Waals surface area contributed by atoms with E-state index in [1.165, 1.54) is 12.0 Å². The van der Waals surface area contributed by atoms with Crippen molar-refractivity contribution in [1.29, 1.82) is 0 Å². The first-order valence-electron chi connectivity index (χ1n) is 5.70. The predicted octanol–water partition coefficient (Wildman–Crippen LogP) is 2.51. The van der Waals surface area contributed by atoms with E-state index in [1.54, 1.807) is 0 Å². The van der Waals surface area contributed by atoms with Crippen molar-refractivity contribution in [2.75, 3.05) is 0 Å². The van der Waals surface area contributed by atoms with Crippen molar-refractivity contribution < 1.29 is 9.84 Å². The van der Waals surface area contributed by atoms with Gasteiger partial charge in [0.15, 0.2) is 0 Å². The average molecular weight is 206 g/mol. The van der Waals surface area contributed by atoms with Crippen LogP contribution in [0.25, 0.3) is 0 Å². The van der Waals surface area contributed by atoms with Gasteiger partial charge in [0.1, 0.15) is 0 Å². The molecule has 15 heavy (non-hydrogen) atoms. The van der Waals surface area contributed by atoms with Crippen LogP contribution in [0, 0.1) is 0 Å². The Labute approximate surface area is 90.9 Å². The highest BCUT2D eigenvalue weighted by Crippen LogP contribution is 2.22. The van der Waals surface area contributed by atoms with E-state index < -0.39 is 0 Å². The maximum absolute atomic E-state index is 9.72. The maximum atomic E-state index is 9.72. The summed E-state index contributed by atoms with van der Waals surface area (Å²) in [5.74, 6) is 0. The third-order valence-corrected chi connectivity index (χ3v) is 2.97. The molecule has 0 spiro atoms. The fraction of sp³-hybridized carbons (Fsp3) is 0.538. The van der Waals surface area contributed by atoms with E-state index in [0.717, 1.165) is 19.3 Å². The maximum Gasteiger partial charge on any atom is 0.0838 e. The Kier molecular flexibility index (Phi) is 3.75. The van der Waals surface area contributed by atoms with E-state index >= 15 is 0 Å². The summed E-state index contributed by atoms with van der Waals surface area (Å²) < 4.78 is 5.73. The topological polar surface area (TPSA) is 29.5 Å². The van der Waals surface area contributed by atoms with Crippen molar-refractivity contribution in [3.05, 3.63) is 35.9 Å². The van der Waals surface area contributed by atoms with Gasteiger partial charge in [0, 0.05) is 0 Å². The van der Waals surface area contributed by atoms with Gasteiger partial charge in [-0.15, -0.1) is 0 Å². The lowest BCUT2D eigenvalue weighted by molar-refractivity contribution is -0.0661. The Morgan fingerprint density at radius 1 is 1.13 bits per heavy atom. The standard InChI is InChI=1S/C13H18O2/c14-12-8-4-5-9-13(12)15-10-11-6-2-1-3-7-11/h1-3,6-7,12-14H,4-5,8-10H2/t12-,13+/m1/s1. The van der Waals surface area contributed by atoms with Crippen molar-refractivity contribution in [3.63, 3.8) is 0 Å². The highest BCUT2D eigenvalue weighted by atomic mass is 16.5. The summed E-state index contributed by atoms with van der Waals surface area (Å²) in [6, 6.07) is 10.1. The van der Waals surface area contributed by atoms with Crippen LogP contribution in [0.2, 0.25) is 0 Å². The summed E-state index contributed by atoms with van der Waals surface area (Å²) in [6.07, 6.45) is 3.97. The molecule has 0 aromatic heterocycles. The molecule has 1 aliphatic rings. The third kappa shape index (κ3) is 3.05. The van der Waals surface area contributed by atoms with Crippen LogP contribution in [0.3, 0.4) is 0 Å². The van der Waals surface area contributed by atoms with Crippen LogP contribution < -0.4 is 0 Å². The smallest absolute Gasteiger partial charge is 0.0838 e. The van der Waals surface area contributed by atoms with Crippen molar-refractivity contribution in [2.45, 2.75) is 44.5 Å². The molecule has 0 amide bonds. The van der Waals surface area contributed by atoms with E-state index in [0.29, 0.717) is 6.61 Å². The Hall–Kier alpha value is -0.860. The van der Waals surface area contributed by atoms with Crippen LogP contribution in [0.4, 0.5) is 0 Å². The molecule has 2 rings (SSSR count). The zero-order valence-corrected chi connectivity index (χ0v) is 8.93. The van der Waals surface area contributed by atoms with Gasteiger partial charge < -0.3 is 9.84 Å². The Morgan fingerprint density at radius 2 is 1.87 bits per heavy atom. The van der Waals surface area contributed by atoms with E-state index in [4.69, 9.17) is 4.74 Å². The van der Waals surface area contributed by atoms with Crippen LogP contribution in [-0.2, 0) is 11.3 Å². The molecule has 1 N–H and O–H groups in total. The molecule has 82 valence electrons. The van der Waals surface area contributed by atoms with Crippen LogP contribution in [-0.4, -0.2) is 17.3 Å². The summed E-state index contributed by atoms with van der Waals surface area (Å²) in [4.78, 5) is 0. The number of hydrogen-bond acceptors (Lipinski definition) is 2. The summed E-state index contributed by atoms with van der Waals surface area (Å²) in [5, 5.41) is 9.72. The molecule has 1 aliphatic carbocycles. The number of ether oxygens (including phenoxy) is 1. The van der Waals surface area contributed by atoms with Gasteiger partial charge in [-0.3, -0.25) is 0 Å². The highest BCUT2D eigenvalue weighted by molar-refractivity contribution is 5.13. The lowest BCUT2D eigenvalue weighted by atomic mass is 9.95. The minimum absolute atomic E-state index is 0.0407. The molecule has 2 heteroatoms. The SMILES string of the molecule is O[C@@H]1CCCC[C@@H]1OCc1ccccc1. The van der Waals surface area contributed by atoms with Gasteiger partial charge in [0.2, 0.25) is 0 Å². The van der Waals surface area contributed by atoms with E-state index in [2.05, 4.69) is 12.1 Å². The minimum atomic E-state index is -0.262. The van der Waals surface area contributed by atoms with Gasteiger partial charge >= 0.3 is 0 Å². The largest absolute Gasteiger partial charge is 0.390 e. The second-order valence-corrected chi connectivity index (χ2v) is 4.19. The fourth-order valence-corrected chi connectivity index (χ4v) is 2.05. The van der Waals surface area contributed by atoms with E-state index in [1.807, 2.05) is 18.2 Å². The Balaban J connectivity index is 1.82. The molecule has 0 radical (unpaired) electrons. The zero-order chi connectivity index (χ0) is 10.5. The Morgan fingerprint density at radius 3 is 2.60 bits per heavy atom. The molecule has 0 heterocycles. The van der Waals surface area contributed by atoms with E-state index in [-0.39, 0.29) is 12.2 Å². The first-order valence-corrected chi connectivity index (χ1v) is 5.70. The molecular formula is C13H18O2. The van der Waals surface area contributed by atoms with Gasteiger partial charge in [0.05, 0.1) is 18.8 Å². The van der Waals surface area contributed by atoms with Gasteiger partial charge in [0.25, 0.3) is 0 Å². The van der Waals surface area contributed by atoms with Crippen LogP contribution in [0.15, 0.2) is 30.3 Å². The highest BCUT2D eigenvalue weighted by Gasteiger charge is 2.23. The second-order valence-electron chi connectivity index (χ2n) is 4.19. The zero-order valence-electron chi connectivity index (χ0n) is 8.93.